The molecule has 0 aliphatic heterocycles. The van der Waals surface area contributed by atoms with Gasteiger partial charge in [0.15, 0.2) is 5.03 Å². The van der Waals surface area contributed by atoms with Gasteiger partial charge in [0.05, 0.1) is 4.92 Å². The molecule has 0 aromatic carbocycles. The van der Waals surface area contributed by atoms with Crippen LogP contribution in [0, 0.1) is 10.1 Å². The van der Waals surface area contributed by atoms with Gasteiger partial charge in [-0.1, -0.05) is 37.2 Å². The Bertz CT molecular complexity index is 413. The topological polar surface area (TPSA) is 59.3 Å². The zero-order chi connectivity index (χ0) is 13.5. The van der Waals surface area contributed by atoms with Crippen molar-refractivity contribution in [2.24, 2.45) is 0 Å². The third kappa shape index (κ3) is 4.44. The van der Waals surface area contributed by atoms with E-state index < -0.39 is 4.92 Å². The second-order valence-corrected chi connectivity index (χ2v) is 5.06. The molecule has 0 spiro atoms. The lowest BCUT2D eigenvalue weighted by Gasteiger charge is -2.16. The number of nitro groups is 1. The van der Waals surface area contributed by atoms with E-state index in [2.05, 4.69) is 23.7 Å². The summed E-state index contributed by atoms with van der Waals surface area (Å²) >= 11 is 7.13. The van der Waals surface area contributed by atoms with Gasteiger partial charge in [0.2, 0.25) is 0 Å². The fourth-order valence-corrected chi connectivity index (χ4v) is 2.66. The normalized spacial score (nSPS) is 10.9. The maximum atomic E-state index is 10.8. The van der Waals surface area contributed by atoms with Crippen LogP contribution in [-0.2, 0) is 0 Å². The zero-order valence-corrected chi connectivity index (χ0v) is 12.0. The number of hydrogen-bond donors (Lipinski definition) is 0. The van der Waals surface area contributed by atoms with Crippen molar-refractivity contribution in [3.05, 3.63) is 27.4 Å². The van der Waals surface area contributed by atoms with Crippen LogP contribution in [0.2, 0.25) is 5.15 Å². The molecule has 0 atom stereocenters. The van der Waals surface area contributed by atoms with Crippen LogP contribution < -0.4 is 0 Å². The van der Waals surface area contributed by atoms with Crippen LogP contribution in [0.25, 0.3) is 0 Å². The SMILES string of the molecule is CCN(CC)CCSc1nc(Cl)ccc1[N+](=O)[O-]. The lowest BCUT2D eigenvalue weighted by atomic mass is 10.4. The lowest BCUT2D eigenvalue weighted by molar-refractivity contribution is -0.388. The van der Waals surface area contributed by atoms with Crippen LogP contribution in [0.15, 0.2) is 17.2 Å². The molecule has 0 N–H and O–H groups in total. The van der Waals surface area contributed by atoms with E-state index >= 15 is 0 Å². The van der Waals surface area contributed by atoms with E-state index in [-0.39, 0.29) is 10.8 Å². The van der Waals surface area contributed by atoms with Crippen LogP contribution in [-0.4, -0.2) is 40.2 Å². The number of aromatic nitrogens is 1. The standard InChI is InChI=1S/C11H16ClN3O2S/c1-3-14(4-2)7-8-18-11-9(15(16)17)5-6-10(12)13-11/h5-6H,3-4,7-8H2,1-2H3. The Morgan fingerprint density at radius 2 is 2.11 bits per heavy atom. The molecule has 0 aliphatic carbocycles. The van der Waals surface area contributed by atoms with E-state index in [4.69, 9.17) is 11.6 Å². The number of thioether (sulfide) groups is 1. The maximum absolute atomic E-state index is 10.8. The van der Waals surface area contributed by atoms with E-state index in [0.29, 0.717) is 5.03 Å². The van der Waals surface area contributed by atoms with Crippen molar-refractivity contribution in [2.75, 3.05) is 25.4 Å². The van der Waals surface area contributed by atoms with Crippen molar-refractivity contribution < 1.29 is 4.92 Å². The Morgan fingerprint density at radius 3 is 2.67 bits per heavy atom. The predicted molar refractivity (Wildman–Crippen MR) is 74.4 cm³/mol. The van der Waals surface area contributed by atoms with Crippen LogP contribution >= 0.6 is 23.4 Å². The third-order valence-electron chi connectivity index (χ3n) is 2.54. The van der Waals surface area contributed by atoms with Crippen LogP contribution in [0.5, 0.6) is 0 Å². The smallest absolute Gasteiger partial charge is 0.301 e. The van der Waals surface area contributed by atoms with Crippen LogP contribution in [0.3, 0.4) is 0 Å². The van der Waals surface area contributed by atoms with Gasteiger partial charge in [0.25, 0.3) is 0 Å². The van der Waals surface area contributed by atoms with E-state index in [1.54, 1.807) is 0 Å². The highest BCUT2D eigenvalue weighted by atomic mass is 35.5. The van der Waals surface area contributed by atoms with Crippen molar-refractivity contribution in [2.45, 2.75) is 18.9 Å². The molecule has 0 unspecified atom stereocenters. The molecule has 0 fully saturated rings. The lowest BCUT2D eigenvalue weighted by Crippen LogP contribution is -2.25. The molecule has 1 heterocycles. The number of rotatable bonds is 7. The Kier molecular flexibility index (Phi) is 6.38. The largest absolute Gasteiger partial charge is 0.303 e. The van der Waals surface area contributed by atoms with Gasteiger partial charge in [-0.3, -0.25) is 10.1 Å². The van der Waals surface area contributed by atoms with Gasteiger partial charge < -0.3 is 4.90 Å². The van der Waals surface area contributed by atoms with Crippen molar-refractivity contribution >= 4 is 29.1 Å². The van der Waals surface area contributed by atoms with Crippen molar-refractivity contribution in [1.29, 1.82) is 0 Å². The van der Waals surface area contributed by atoms with E-state index in [9.17, 15) is 10.1 Å². The minimum absolute atomic E-state index is 0.0175. The summed E-state index contributed by atoms with van der Waals surface area (Å²) in [6.07, 6.45) is 0. The van der Waals surface area contributed by atoms with Gasteiger partial charge in [-0.05, 0) is 19.2 Å². The molecule has 1 aromatic rings. The molecule has 1 aromatic heterocycles. The molecular weight excluding hydrogens is 274 g/mol. The minimum Gasteiger partial charge on any atom is -0.303 e. The summed E-state index contributed by atoms with van der Waals surface area (Å²) in [7, 11) is 0. The van der Waals surface area contributed by atoms with E-state index in [0.717, 1.165) is 25.4 Å². The highest BCUT2D eigenvalue weighted by molar-refractivity contribution is 7.99. The first-order valence-electron chi connectivity index (χ1n) is 5.74. The molecule has 0 aliphatic rings. The Morgan fingerprint density at radius 1 is 1.44 bits per heavy atom. The van der Waals surface area contributed by atoms with Gasteiger partial charge in [0, 0.05) is 18.4 Å². The predicted octanol–water partition coefficient (Wildman–Crippen LogP) is 3.08. The fraction of sp³-hybridized carbons (Fsp3) is 0.545. The Labute approximate surface area is 116 Å². The number of nitrogens with zero attached hydrogens (tertiary/aromatic N) is 3. The summed E-state index contributed by atoms with van der Waals surface area (Å²) in [5.41, 5.74) is 0.0175. The second kappa shape index (κ2) is 7.56. The summed E-state index contributed by atoms with van der Waals surface area (Å²) in [4.78, 5) is 16.7. The van der Waals surface area contributed by atoms with Gasteiger partial charge in [-0.15, -0.1) is 0 Å². The molecule has 0 radical (unpaired) electrons. The summed E-state index contributed by atoms with van der Waals surface area (Å²) in [6.45, 7) is 7.01. The highest BCUT2D eigenvalue weighted by Crippen LogP contribution is 2.28. The number of hydrogen-bond acceptors (Lipinski definition) is 5. The number of pyridine rings is 1. The third-order valence-corrected chi connectivity index (χ3v) is 3.71. The molecular formula is C11H16ClN3O2S. The summed E-state index contributed by atoms with van der Waals surface area (Å²) in [6, 6.07) is 2.84. The molecule has 1 rings (SSSR count). The van der Waals surface area contributed by atoms with E-state index in [1.165, 1.54) is 23.9 Å². The first-order valence-corrected chi connectivity index (χ1v) is 7.10. The molecule has 0 saturated heterocycles. The monoisotopic (exact) mass is 289 g/mol. The number of halogens is 1. The Balaban J connectivity index is 2.66. The average Bonchev–Trinajstić information content (AvgIpc) is 2.34. The highest BCUT2D eigenvalue weighted by Gasteiger charge is 2.16. The second-order valence-electron chi connectivity index (χ2n) is 3.59. The molecule has 100 valence electrons. The summed E-state index contributed by atoms with van der Waals surface area (Å²) < 4.78 is 0. The van der Waals surface area contributed by atoms with Crippen molar-refractivity contribution in [1.82, 2.24) is 9.88 Å². The molecule has 0 bridgehead atoms. The first-order chi connectivity index (χ1) is 8.58. The van der Waals surface area contributed by atoms with Crippen LogP contribution in [0.1, 0.15) is 13.8 Å². The quantitative estimate of drug-likeness (QED) is 0.334. The van der Waals surface area contributed by atoms with Gasteiger partial charge in [0.1, 0.15) is 5.15 Å². The molecule has 18 heavy (non-hydrogen) atoms. The van der Waals surface area contributed by atoms with Crippen molar-refractivity contribution in [3.63, 3.8) is 0 Å². The average molecular weight is 290 g/mol. The summed E-state index contributed by atoms with van der Waals surface area (Å²) in [5.74, 6) is 0.760. The van der Waals surface area contributed by atoms with Crippen LogP contribution in [0.4, 0.5) is 5.69 Å². The first kappa shape index (κ1) is 15.2. The molecule has 7 heteroatoms. The van der Waals surface area contributed by atoms with Gasteiger partial charge in [-0.2, -0.15) is 0 Å². The van der Waals surface area contributed by atoms with Gasteiger partial charge in [-0.25, -0.2) is 4.98 Å². The molecule has 0 amide bonds. The van der Waals surface area contributed by atoms with Crippen molar-refractivity contribution in [3.8, 4) is 0 Å². The maximum Gasteiger partial charge on any atom is 0.301 e. The minimum atomic E-state index is -0.428. The fourth-order valence-electron chi connectivity index (χ4n) is 1.47. The van der Waals surface area contributed by atoms with E-state index in [1.807, 2.05) is 0 Å². The molecule has 0 saturated carbocycles. The summed E-state index contributed by atoms with van der Waals surface area (Å²) in [5, 5.41) is 11.5. The Hall–Kier alpha value is -0.850. The zero-order valence-electron chi connectivity index (χ0n) is 10.4. The van der Waals surface area contributed by atoms with Gasteiger partial charge >= 0.3 is 5.69 Å². The molecule has 5 nitrogen and oxygen atoms in total.